The molecule has 2 aromatic carbocycles. The Morgan fingerprint density at radius 1 is 0.931 bits per heavy atom. The zero-order valence-electron chi connectivity index (χ0n) is 17.4. The molecule has 0 aliphatic carbocycles. The van der Waals surface area contributed by atoms with Crippen molar-refractivity contribution in [2.24, 2.45) is 0 Å². The largest absolute Gasteiger partial charge is 1.00 e. The molecule has 2 rings (SSSR count). The smallest absolute Gasteiger partial charge is 0.872 e. The average Bonchev–Trinajstić information content (AvgIpc) is 2.65. The maximum absolute atomic E-state index is 12.3. The number of unbranched alkanes of at least 4 members (excludes halogenated alkanes) is 7. The number of hydrogen-bond acceptors (Lipinski definition) is 4. The fourth-order valence-electron chi connectivity index (χ4n) is 3.15. The molecule has 0 atom stereocenters. The molecule has 0 heterocycles. The Morgan fingerprint density at radius 3 is 2.21 bits per heavy atom. The summed E-state index contributed by atoms with van der Waals surface area (Å²) in [6.07, 6.45) is 10.1. The summed E-state index contributed by atoms with van der Waals surface area (Å²) in [5.74, 6) is 0.618. The van der Waals surface area contributed by atoms with Crippen molar-refractivity contribution in [3.8, 4) is 17.2 Å². The second-order valence-corrected chi connectivity index (χ2v) is 8.43. The van der Waals surface area contributed by atoms with Gasteiger partial charge in [0.15, 0.2) is 0 Å². The molecule has 0 bridgehead atoms. The Bertz CT molecular complexity index is 852. The molecule has 2 aromatic rings. The van der Waals surface area contributed by atoms with E-state index in [-0.39, 0.29) is 67.8 Å². The molecule has 0 amide bonds. The van der Waals surface area contributed by atoms with Gasteiger partial charge in [-0.15, -0.1) is 5.75 Å². The van der Waals surface area contributed by atoms with Crippen molar-refractivity contribution in [1.82, 2.24) is 0 Å². The SMILES string of the molecule is CCCCCCCCCCc1c([O-])cccc1Oc1cccc(S(=O)(=O)O)c1.[K+]. The first-order chi connectivity index (χ1) is 13.4. The number of benzene rings is 2. The van der Waals surface area contributed by atoms with Crippen LogP contribution in [0.3, 0.4) is 0 Å². The molecule has 0 radical (unpaired) electrons. The van der Waals surface area contributed by atoms with Gasteiger partial charge in [-0.25, -0.2) is 0 Å². The second-order valence-electron chi connectivity index (χ2n) is 7.01. The first-order valence-electron chi connectivity index (χ1n) is 9.96. The van der Waals surface area contributed by atoms with Crippen molar-refractivity contribution in [3.05, 3.63) is 48.0 Å². The minimum absolute atomic E-state index is 0. The van der Waals surface area contributed by atoms with Crippen LogP contribution in [0.4, 0.5) is 0 Å². The van der Waals surface area contributed by atoms with Gasteiger partial charge in [-0.3, -0.25) is 4.55 Å². The van der Waals surface area contributed by atoms with Crippen LogP contribution in [0.1, 0.15) is 63.9 Å². The summed E-state index contributed by atoms with van der Waals surface area (Å²) in [5, 5.41) is 12.3. The number of rotatable bonds is 12. The quantitative estimate of drug-likeness (QED) is 0.309. The standard InChI is InChI=1S/C22H30O5S.K/c1-2-3-4-5-6-7-8-9-14-20-21(23)15-11-16-22(20)27-18-12-10-13-19(17-18)28(24,25)26;/h10-13,15-17,23H,2-9,14H2,1H3,(H,24,25,26);/q;+1/p-1. The van der Waals surface area contributed by atoms with Crippen LogP contribution >= 0.6 is 0 Å². The van der Waals surface area contributed by atoms with Crippen molar-refractivity contribution in [1.29, 1.82) is 0 Å². The van der Waals surface area contributed by atoms with Crippen molar-refractivity contribution >= 4 is 10.1 Å². The summed E-state index contributed by atoms with van der Waals surface area (Å²) in [6, 6.07) is 10.5. The molecule has 0 aliphatic rings. The van der Waals surface area contributed by atoms with Gasteiger partial charge < -0.3 is 9.84 Å². The van der Waals surface area contributed by atoms with Crippen LogP contribution in [0.5, 0.6) is 17.2 Å². The number of ether oxygens (including phenoxy) is 1. The van der Waals surface area contributed by atoms with Gasteiger partial charge in [-0.05, 0) is 36.6 Å². The minimum Gasteiger partial charge on any atom is -0.872 e. The first kappa shape index (κ1) is 26.6. The van der Waals surface area contributed by atoms with Gasteiger partial charge >= 0.3 is 51.4 Å². The zero-order chi connectivity index (χ0) is 20.4. The van der Waals surface area contributed by atoms with Crippen LogP contribution in [0.2, 0.25) is 0 Å². The molecule has 29 heavy (non-hydrogen) atoms. The fourth-order valence-corrected chi connectivity index (χ4v) is 3.66. The van der Waals surface area contributed by atoms with E-state index in [2.05, 4.69) is 6.92 Å². The van der Waals surface area contributed by atoms with Gasteiger partial charge in [0.1, 0.15) is 11.5 Å². The van der Waals surface area contributed by atoms with Crippen LogP contribution in [0.15, 0.2) is 47.4 Å². The summed E-state index contributed by atoms with van der Waals surface area (Å²) in [5.41, 5.74) is 0.603. The Morgan fingerprint density at radius 2 is 1.55 bits per heavy atom. The maximum Gasteiger partial charge on any atom is 1.00 e. The fraction of sp³-hybridized carbons (Fsp3) is 0.455. The molecule has 0 aromatic heterocycles. The van der Waals surface area contributed by atoms with Crippen LogP contribution in [0, 0.1) is 0 Å². The van der Waals surface area contributed by atoms with E-state index in [1.807, 2.05) is 0 Å². The van der Waals surface area contributed by atoms with Gasteiger partial charge in [-0.1, -0.05) is 70.1 Å². The second kappa shape index (κ2) is 13.8. The topological polar surface area (TPSA) is 86.7 Å². The van der Waals surface area contributed by atoms with Gasteiger partial charge in [0.2, 0.25) is 0 Å². The van der Waals surface area contributed by atoms with Crippen LogP contribution < -0.4 is 61.2 Å². The van der Waals surface area contributed by atoms with Crippen LogP contribution in [-0.2, 0) is 16.5 Å². The van der Waals surface area contributed by atoms with Crippen molar-refractivity contribution in [2.45, 2.75) is 69.6 Å². The Hall–Kier alpha value is -0.414. The Labute approximate surface area is 217 Å². The predicted molar refractivity (Wildman–Crippen MR) is 109 cm³/mol. The third kappa shape index (κ3) is 9.51. The molecule has 0 saturated heterocycles. The summed E-state index contributed by atoms with van der Waals surface area (Å²) < 4.78 is 37.5. The van der Waals surface area contributed by atoms with E-state index in [1.165, 1.54) is 56.4 Å². The van der Waals surface area contributed by atoms with Crippen molar-refractivity contribution < 1.29 is 74.2 Å². The molecule has 5 nitrogen and oxygen atoms in total. The zero-order valence-corrected chi connectivity index (χ0v) is 21.3. The summed E-state index contributed by atoms with van der Waals surface area (Å²) in [6.45, 7) is 2.21. The average molecular weight is 445 g/mol. The molecular weight excluding hydrogens is 415 g/mol. The van der Waals surface area contributed by atoms with Gasteiger partial charge in [0.25, 0.3) is 10.1 Å². The number of hydrogen-bond donors (Lipinski definition) is 1. The first-order valence-corrected chi connectivity index (χ1v) is 11.4. The molecule has 0 spiro atoms. The molecule has 7 heteroatoms. The normalized spacial score (nSPS) is 11.1. The van der Waals surface area contributed by atoms with E-state index < -0.39 is 10.1 Å². The van der Waals surface area contributed by atoms with E-state index >= 15 is 0 Å². The Balaban J connectivity index is 0.00000420. The molecule has 0 aliphatic heterocycles. The van der Waals surface area contributed by atoms with Crippen LogP contribution in [0.25, 0.3) is 0 Å². The molecule has 0 fully saturated rings. The minimum atomic E-state index is -4.31. The van der Waals surface area contributed by atoms with Gasteiger partial charge in [0, 0.05) is 6.07 Å². The van der Waals surface area contributed by atoms with E-state index in [4.69, 9.17) is 4.74 Å². The van der Waals surface area contributed by atoms with Crippen molar-refractivity contribution in [3.63, 3.8) is 0 Å². The molecule has 0 saturated carbocycles. The monoisotopic (exact) mass is 444 g/mol. The summed E-state index contributed by atoms with van der Waals surface area (Å²) in [4.78, 5) is -0.243. The van der Waals surface area contributed by atoms with Gasteiger partial charge in [0.05, 0.1) is 4.90 Å². The maximum atomic E-state index is 12.3. The molecule has 1 N–H and O–H groups in total. The van der Waals surface area contributed by atoms with Gasteiger partial charge in [-0.2, -0.15) is 8.42 Å². The molecule has 154 valence electrons. The predicted octanol–water partition coefficient (Wildman–Crippen LogP) is 2.49. The van der Waals surface area contributed by atoms with Crippen LogP contribution in [-0.4, -0.2) is 13.0 Å². The van der Waals surface area contributed by atoms with Crippen molar-refractivity contribution in [2.75, 3.05) is 0 Å². The molecule has 0 unspecified atom stereocenters. The summed E-state index contributed by atoms with van der Waals surface area (Å²) >= 11 is 0. The molecular formula is C22H29KO5S. The van der Waals surface area contributed by atoms with E-state index in [0.29, 0.717) is 17.7 Å². The van der Waals surface area contributed by atoms with E-state index in [0.717, 1.165) is 19.3 Å². The van der Waals surface area contributed by atoms with E-state index in [1.54, 1.807) is 18.2 Å². The summed E-state index contributed by atoms with van der Waals surface area (Å²) in [7, 11) is -4.31. The third-order valence-corrected chi connectivity index (χ3v) is 5.55. The van der Waals surface area contributed by atoms with E-state index in [9.17, 15) is 18.1 Å². The Kier molecular flexibility index (Phi) is 12.7. The third-order valence-electron chi connectivity index (χ3n) is 4.70.